The summed E-state index contributed by atoms with van der Waals surface area (Å²) < 4.78 is 15.5. The van der Waals surface area contributed by atoms with Crippen LogP contribution in [0, 0.1) is 0 Å². The molecule has 9 nitrogen and oxygen atoms in total. The second-order valence-corrected chi connectivity index (χ2v) is 9.95. The molecular weight excluding hydrogens is 467 g/mol. The molecule has 0 aliphatic carbocycles. The van der Waals surface area contributed by atoms with Gasteiger partial charge >= 0.3 is 7.82 Å². The smallest absolute Gasteiger partial charge is 0.353 e. The van der Waals surface area contributed by atoms with Crippen LogP contribution in [0.5, 0.6) is 0 Å². The Labute approximate surface area is 210 Å². The predicted molar refractivity (Wildman–Crippen MR) is 140 cm³/mol. The minimum Gasteiger partial charge on any atom is -0.353 e. The Morgan fingerprint density at radius 1 is 1.06 bits per heavy atom. The Morgan fingerprint density at radius 2 is 1.69 bits per heavy atom. The van der Waals surface area contributed by atoms with Crippen LogP contribution < -0.4 is 6.15 Å². The number of aryl methyl sites for hydroxylation is 2. The van der Waals surface area contributed by atoms with Gasteiger partial charge in [-0.2, -0.15) is 0 Å². The number of nitrogens with zero attached hydrogens (tertiary/aromatic N) is 3. The fourth-order valence-corrected chi connectivity index (χ4v) is 4.23. The lowest BCUT2D eigenvalue weighted by molar-refractivity contribution is -0.133. The van der Waals surface area contributed by atoms with Crippen LogP contribution in [0.2, 0.25) is 0 Å². The van der Waals surface area contributed by atoms with Crippen molar-refractivity contribution < 1.29 is 23.7 Å². The number of carbonyl (C=O) groups is 1. The Bertz CT molecular complexity index is 826. The topological polar surface area (TPSA) is 138 Å². The van der Waals surface area contributed by atoms with Crippen LogP contribution >= 0.6 is 7.82 Å². The second-order valence-electron chi connectivity index (χ2n) is 8.71. The third kappa shape index (κ3) is 14.2. The molecular formula is C25H43N4O5P. The van der Waals surface area contributed by atoms with Crippen LogP contribution in [0.1, 0.15) is 69.4 Å². The Morgan fingerprint density at radius 3 is 2.29 bits per heavy atom. The molecule has 198 valence electrons. The van der Waals surface area contributed by atoms with Crippen LogP contribution in [-0.4, -0.2) is 58.1 Å². The van der Waals surface area contributed by atoms with Gasteiger partial charge < -0.3 is 25.7 Å². The lowest BCUT2D eigenvalue weighted by atomic mass is 10.0. The number of amides is 1. The molecule has 1 aliphatic rings. The third-order valence-corrected chi connectivity index (χ3v) is 6.30. The summed E-state index contributed by atoms with van der Waals surface area (Å²) in [5, 5.41) is 0. The van der Waals surface area contributed by atoms with E-state index in [0.717, 1.165) is 32.1 Å². The van der Waals surface area contributed by atoms with E-state index >= 15 is 0 Å². The summed E-state index contributed by atoms with van der Waals surface area (Å²) in [5.41, 5.74) is 2.82. The van der Waals surface area contributed by atoms with E-state index in [1.54, 1.807) is 23.5 Å². The van der Waals surface area contributed by atoms with Crippen LogP contribution in [0.15, 0.2) is 41.7 Å². The van der Waals surface area contributed by atoms with Crippen LogP contribution in [0.4, 0.5) is 0 Å². The van der Waals surface area contributed by atoms with Gasteiger partial charge in [0.15, 0.2) is 0 Å². The molecule has 0 radical (unpaired) electrons. The van der Waals surface area contributed by atoms with Crippen LogP contribution in [0.25, 0.3) is 0 Å². The zero-order valence-electron chi connectivity index (χ0n) is 21.1. The van der Waals surface area contributed by atoms with Gasteiger partial charge in [-0.3, -0.25) is 14.3 Å². The number of aliphatic imine (C=N–C) groups is 1. The number of unbranched alkanes of at least 4 members (excludes halogenated alkanes) is 5. The Balaban J connectivity index is 0.00000612. The number of phosphoric ester groups is 1. The molecule has 5 N–H and O–H groups in total. The van der Waals surface area contributed by atoms with Gasteiger partial charge in [0.05, 0.1) is 19.8 Å². The highest BCUT2D eigenvalue weighted by molar-refractivity contribution is 7.46. The highest BCUT2D eigenvalue weighted by Crippen LogP contribution is 2.35. The predicted octanol–water partition coefficient (Wildman–Crippen LogP) is 4.83. The molecule has 1 heterocycles. The summed E-state index contributed by atoms with van der Waals surface area (Å²) >= 11 is 0. The minimum atomic E-state index is -4.55. The molecule has 35 heavy (non-hydrogen) atoms. The molecule has 1 aromatic rings. The molecule has 0 bridgehead atoms. The van der Waals surface area contributed by atoms with Gasteiger partial charge in [-0.1, -0.05) is 63.3 Å². The number of benzene rings is 1. The molecule has 0 atom stereocenters. The van der Waals surface area contributed by atoms with Gasteiger partial charge in [0.1, 0.15) is 0 Å². The minimum absolute atomic E-state index is 0. The zero-order chi connectivity index (χ0) is 24.7. The van der Waals surface area contributed by atoms with E-state index in [4.69, 9.17) is 9.79 Å². The molecule has 0 unspecified atom stereocenters. The van der Waals surface area contributed by atoms with Gasteiger partial charge in [0.25, 0.3) is 0 Å². The van der Waals surface area contributed by atoms with Crippen LogP contribution in [0.3, 0.4) is 0 Å². The average molecular weight is 511 g/mol. The summed E-state index contributed by atoms with van der Waals surface area (Å²) in [4.78, 5) is 38.0. The molecule has 0 spiro atoms. The fraction of sp³-hybridized carbons (Fsp3) is 0.600. The van der Waals surface area contributed by atoms with E-state index in [2.05, 4.69) is 40.7 Å². The average Bonchev–Trinajstić information content (AvgIpc) is 2.81. The molecule has 0 saturated carbocycles. The van der Waals surface area contributed by atoms with E-state index < -0.39 is 7.82 Å². The quantitative estimate of drug-likeness (QED) is 0.202. The summed E-state index contributed by atoms with van der Waals surface area (Å²) in [6.07, 6.45) is 15.5. The first kappa shape index (κ1) is 31.0. The Hall–Kier alpha value is -2.03. The molecule has 1 amide bonds. The first-order valence-corrected chi connectivity index (χ1v) is 13.9. The number of phosphoric acid groups is 1. The van der Waals surface area contributed by atoms with Crippen molar-refractivity contribution in [3.63, 3.8) is 0 Å². The van der Waals surface area contributed by atoms with Crippen molar-refractivity contribution >= 4 is 19.9 Å². The molecule has 1 aliphatic heterocycles. The van der Waals surface area contributed by atoms with Crippen molar-refractivity contribution in [2.24, 2.45) is 4.99 Å². The van der Waals surface area contributed by atoms with Crippen LogP contribution in [-0.2, 0) is 26.7 Å². The lowest BCUT2D eigenvalue weighted by Gasteiger charge is -2.29. The van der Waals surface area contributed by atoms with Crippen molar-refractivity contribution in [1.82, 2.24) is 16.0 Å². The lowest BCUT2D eigenvalue weighted by Crippen LogP contribution is -2.42. The monoisotopic (exact) mass is 510 g/mol. The maximum absolute atomic E-state index is 12.7. The van der Waals surface area contributed by atoms with E-state index in [9.17, 15) is 9.36 Å². The molecule has 10 heteroatoms. The summed E-state index contributed by atoms with van der Waals surface area (Å²) in [6, 6.07) is 8.98. The van der Waals surface area contributed by atoms with Crippen molar-refractivity contribution in [1.29, 1.82) is 0 Å². The van der Waals surface area contributed by atoms with E-state index in [1.807, 2.05) is 4.90 Å². The maximum atomic E-state index is 12.7. The number of hydrogen-bond acceptors (Lipinski definition) is 6. The number of carbonyl (C=O) groups excluding carboxylic acids is 1. The normalized spacial score (nSPS) is 13.1. The first-order chi connectivity index (χ1) is 16.4. The SMILES string of the molecule is CCCc1ccc(CCCCCCCCC(=O)N(CCOP(=O)(O)O)CN2C=CN=CC2)cc1.N. The largest absolute Gasteiger partial charge is 0.469 e. The molecule has 0 aromatic heterocycles. The Kier molecular flexibility index (Phi) is 15.4. The fourth-order valence-electron chi connectivity index (χ4n) is 3.91. The zero-order valence-corrected chi connectivity index (χ0v) is 22.0. The number of rotatable bonds is 17. The van der Waals surface area contributed by atoms with Crippen molar-refractivity contribution in [2.75, 3.05) is 26.4 Å². The molecule has 0 fully saturated rings. The molecule has 2 rings (SSSR count). The standard InChI is InChI=1S/C25H40N3O5P.H3N/c1-2-9-23-12-14-24(15-13-23)10-7-5-3-4-6-8-11-25(29)28(20-21-33-34(30,31)32)22-27-18-16-26-17-19-27;/h12-18H,2-11,19-22H2,1H3,(H2,30,31,32);1H3. The summed E-state index contributed by atoms with van der Waals surface area (Å²) in [7, 11) is -4.55. The molecule has 0 saturated heterocycles. The second kappa shape index (κ2) is 17.4. The van der Waals surface area contributed by atoms with E-state index in [1.165, 1.54) is 36.8 Å². The summed E-state index contributed by atoms with van der Waals surface area (Å²) in [6.45, 7) is 3.05. The highest BCUT2D eigenvalue weighted by Gasteiger charge is 2.19. The third-order valence-electron chi connectivity index (χ3n) is 5.78. The molecule has 1 aromatic carbocycles. The van der Waals surface area contributed by atoms with Gasteiger partial charge in [-0.15, -0.1) is 0 Å². The van der Waals surface area contributed by atoms with Crippen molar-refractivity contribution in [2.45, 2.75) is 71.1 Å². The first-order valence-electron chi connectivity index (χ1n) is 12.4. The van der Waals surface area contributed by atoms with E-state index in [-0.39, 0.29) is 25.2 Å². The van der Waals surface area contributed by atoms with Gasteiger partial charge in [0, 0.05) is 31.6 Å². The van der Waals surface area contributed by atoms with Crippen molar-refractivity contribution in [3.8, 4) is 0 Å². The highest BCUT2D eigenvalue weighted by atomic mass is 31.2. The van der Waals surface area contributed by atoms with Gasteiger partial charge in [-0.25, -0.2) is 4.57 Å². The van der Waals surface area contributed by atoms with Gasteiger partial charge in [-0.05, 0) is 36.8 Å². The van der Waals surface area contributed by atoms with Gasteiger partial charge in [0.2, 0.25) is 5.91 Å². The van der Waals surface area contributed by atoms with E-state index in [0.29, 0.717) is 19.6 Å². The maximum Gasteiger partial charge on any atom is 0.469 e. The van der Waals surface area contributed by atoms with Crippen molar-refractivity contribution in [3.05, 3.63) is 47.8 Å². The number of hydrogen-bond donors (Lipinski definition) is 3. The summed E-state index contributed by atoms with van der Waals surface area (Å²) in [5.74, 6) is -0.0308.